The number of ether oxygens (including phenoxy) is 1. The molecule has 64 valence electrons. The van der Waals surface area contributed by atoms with E-state index in [0.717, 1.165) is 3.69 Å². The van der Waals surface area contributed by atoms with Crippen LogP contribution in [-0.4, -0.2) is 26.1 Å². The van der Waals surface area contributed by atoms with Crippen molar-refractivity contribution in [3.8, 4) is 5.75 Å². The molecule has 0 aliphatic rings. The van der Waals surface area contributed by atoms with Gasteiger partial charge in [0.2, 0.25) is 6.86 Å². The molecule has 0 unspecified atom stereocenters. The monoisotopic (exact) mass is 264 g/mol. The van der Waals surface area contributed by atoms with Gasteiger partial charge in [0.1, 0.15) is 0 Å². The second-order valence-corrected chi connectivity index (χ2v) is 3.83. The summed E-state index contributed by atoms with van der Waals surface area (Å²) in [7, 11) is 5.70. The van der Waals surface area contributed by atoms with Crippen molar-refractivity contribution in [2.45, 2.75) is 0 Å². The van der Waals surface area contributed by atoms with Crippen molar-refractivity contribution in [3.05, 3.63) is 24.3 Å². The molecule has 0 atom stereocenters. The third-order valence-electron chi connectivity index (χ3n) is 1.33. The molecule has 0 fully saturated rings. The Morgan fingerprint density at radius 2 is 2.08 bits per heavy atom. The Morgan fingerprint density at radius 3 is 2.67 bits per heavy atom. The van der Waals surface area contributed by atoms with Gasteiger partial charge in [-0.3, -0.25) is 0 Å². The van der Waals surface area contributed by atoms with Crippen LogP contribution in [0.5, 0.6) is 5.75 Å². The predicted octanol–water partition coefficient (Wildman–Crippen LogP) is 2.05. The number of hydrogen-bond acceptors (Lipinski definition) is 1. The van der Waals surface area contributed by atoms with E-state index in [9.17, 15) is 4.39 Å². The van der Waals surface area contributed by atoms with Crippen LogP contribution in [0, 0.1) is 0 Å². The minimum absolute atomic E-state index is 0. The highest BCUT2D eigenvalue weighted by Crippen LogP contribution is 2.05. The molecule has 1 aromatic rings. The highest BCUT2D eigenvalue weighted by atomic mass is 79.9. The summed E-state index contributed by atoms with van der Waals surface area (Å²) >= 11 is -0.777. The fourth-order valence-electron chi connectivity index (χ4n) is 0.814. The van der Waals surface area contributed by atoms with Gasteiger partial charge in [-0.15, -0.1) is 20.7 Å². The van der Waals surface area contributed by atoms with Crippen LogP contribution >= 0.6 is 26.1 Å². The minimum atomic E-state index is -0.789. The molecule has 1 aromatic carbocycles. The van der Waals surface area contributed by atoms with Gasteiger partial charge in [-0.05, 0) is 6.07 Å². The molecule has 0 N–H and O–H groups in total. The Morgan fingerprint density at radius 1 is 1.42 bits per heavy atom. The highest BCUT2D eigenvalue weighted by Gasteiger charge is 2.02. The molecular weight excluding hydrogens is 259 g/mol. The molecular formula is C7H7BrClFMgO. The number of benzene rings is 1. The topological polar surface area (TPSA) is 9.23 Å². The molecule has 0 saturated carbocycles. The van der Waals surface area contributed by atoms with Crippen LogP contribution in [0.1, 0.15) is 0 Å². The van der Waals surface area contributed by atoms with E-state index in [-0.39, 0.29) is 17.0 Å². The van der Waals surface area contributed by atoms with Gasteiger partial charge >= 0.3 is 19.3 Å². The van der Waals surface area contributed by atoms with Crippen LogP contribution in [0.25, 0.3) is 0 Å². The van der Waals surface area contributed by atoms with Crippen molar-refractivity contribution in [1.29, 1.82) is 0 Å². The van der Waals surface area contributed by atoms with E-state index in [1.54, 1.807) is 12.1 Å². The first-order valence-electron chi connectivity index (χ1n) is 3.21. The van der Waals surface area contributed by atoms with Crippen molar-refractivity contribution in [2.24, 2.45) is 0 Å². The maximum absolute atomic E-state index is 11.7. The summed E-state index contributed by atoms with van der Waals surface area (Å²) in [4.78, 5) is 0. The number of halogens is 3. The Kier molecular flexibility index (Phi) is 7.23. The van der Waals surface area contributed by atoms with Crippen molar-refractivity contribution < 1.29 is 9.13 Å². The molecule has 0 aliphatic carbocycles. The fraction of sp³-hybridized carbons (Fsp3) is 0.143. The van der Waals surface area contributed by atoms with Crippen molar-refractivity contribution in [3.63, 3.8) is 0 Å². The van der Waals surface area contributed by atoms with Crippen LogP contribution in [0.15, 0.2) is 24.3 Å². The minimum Gasteiger partial charge on any atom is -0.465 e. The summed E-state index contributed by atoms with van der Waals surface area (Å²) in [5.41, 5.74) is 0. The standard InChI is InChI=1S/C7H6FO.BrH.ClH.Mg/c8-6-9-7-4-2-1-3-5-7;;;/h1-4H,6H2;2*1H;/q;;;+1/p-1. The zero-order valence-corrected chi connectivity index (χ0v) is 10.2. The normalized spacial score (nSPS) is 8.17. The average Bonchev–Trinajstić information content (AvgIpc) is 2.06. The third kappa shape index (κ3) is 3.47. The van der Waals surface area contributed by atoms with Crippen LogP contribution in [-0.2, 0) is 0 Å². The Bertz CT molecular complexity index is 236. The van der Waals surface area contributed by atoms with Gasteiger partial charge in [0.25, 0.3) is 0 Å². The SMILES string of the molecule is Br.FCOc1cccc[c]1[Mg][Cl]. The van der Waals surface area contributed by atoms with E-state index in [1.807, 2.05) is 12.1 Å². The summed E-state index contributed by atoms with van der Waals surface area (Å²) < 4.78 is 17.4. The van der Waals surface area contributed by atoms with E-state index in [0.29, 0.717) is 5.75 Å². The molecule has 1 nitrogen and oxygen atoms in total. The average molecular weight is 266 g/mol. The smallest absolute Gasteiger partial charge is 0.465 e. The lowest BCUT2D eigenvalue weighted by Gasteiger charge is -2.05. The molecule has 0 heterocycles. The summed E-state index contributed by atoms with van der Waals surface area (Å²) in [6, 6.07) is 7.26. The molecule has 12 heavy (non-hydrogen) atoms. The second-order valence-electron chi connectivity index (χ2n) is 1.99. The molecule has 0 aliphatic heterocycles. The molecule has 5 heteroatoms. The maximum Gasteiger partial charge on any atom is 0.543 e. The zero-order chi connectivity index (χ0) is 8.10. The Hall–Kier alpha value is 0.486. The van der Waals surface area contributed by atoms with Gasteiger partial charge in [0.05, 0.1) is 5.75 Å². The zero-order valence-electron chi connectivity index (χ0n) is 6.30. The number of hydrogen-bond donors (Lipinski definition) is 0. The van der Waals surface area contributed by atoms with Gasteiger partial charge in [-0.2, -0.15) is 0 Å². The summed E-state index contributed by atoms with van der Waals surface area (Å²) in [5.74, 6) is 0.580. The van der Waals surface area contributed by atoms with Gasteiger partial charge < -0.3 is 13.8 Å². The Balaban J connectivity index is 0.00000121. The van der Waals surface area contributed by atoms with E-state index >= 15 is 0 Å². The first-order valence-corrected chi connectivity index (χ1v) is 6.05. The molecule has 0 aromatic heterocycles. The van der Waals surface area contributed by atoms with Gasteiger partial charge in [0.15, 0.2) is 0 Å². The second kappa shape index (κ2) is 6.94. The van der Waals surface area contributed by atoms with Gasteiger partial charge in [-0.1, -0.05) is 18.2 Å². The largest absolute Gasteiger partial charge is 0.543 e. The summed E-state index contributed by atoms with van der Waals surface area (Å²) in [6.07, 6.45) is 0. The lowest BCUT2D eigenvalue weighted by Crippen LogP contribution is -2.12. The molecule has 0 spiro atoms. The van der Waals surface area contributed by atoms with Crippen LogP contribution in [0.3, 0.4) is 0 Å². The van der Waals surface area contributed by atoms with Crippen molar-refractivity contribution >= 4 is 49.0 Å². The number of para-hydroxylation sites is 1. The van der Waals surface area contributed by atoms with Gasteiger partial charge in [0, 0.05) is 0 Å². The van der Waals surface area contributed by atoms with Crippen molar-refractivity contribution in [1.82, 2.24) is 0 Å². The number of rotatable bonds is 3. The highest BCUT2D eigenvalue weighted by molar-refractivity contribution is 8.93. The molecule has 0 radical (unpaired) electrons. The van der Waals surface area contributed by atoms with E-state index < -0.39 is 26.1 Å². The predicted molar refractivity (Wildman–Crippen MR) is 54.6 cm³/mol. The van der Waals surface area contributed by atoms with E-state index in [4.69, 9.17) is 13.8 Å². The van der Waals surface area contributed by atoms with Crippen molar-refractivity contribution in [2.75, 3.05) is 6.86 Å². The van der Waals surface area contributed by atoms with Crippen LogP contribution in [0.2, 0.25) is 0 Å². The van der Waals surface area contributed by atoms with Gasteiger partial charge in [-0.25, -0.2) is 4.39 Å². The maximum atomic E-state index is 11.7. The third-order valence-corrected chi connectivity index (χ3v) is 3.06. The number of alkyl halides is 1. The van der Waals surface area contributed by atoms with E-state index in [1.165, 1.54) is 0 Å². The molecule has 0 bridgehead atoms. The Labute approximate surface area is 94.5 Å². The molecule has 0 amide bonds. The lowest BCUT2D eigenvalue weighted by atomic mass is 10.3. The molecule has 0 saturated heterocycles. The first kappa shape index (κ1) is 12.5. The van der Waals surface area contributed by atoms with Crippen LogP contribution < -0.4 is 8.43 Å². The fourth-order valence-corrected chi connectivity index (χ4v) is 2.05. The quantitative estimate of drug-likeness (QED) is 0.761. The summed E-state index contributed by atoms with van der Waals surface area (Å²) in [6.45, 7) is -0.789. The first-order chi connectivity index (χ1) is 5.38. The van der Waals surface area contributed by atoms with E-state index in [2.05, 4.69) is 0 Å². The molecule has 1 rings (SSSR count). The van der Waals surface area contributed by atoms with Crippen LogP contribution in [0.4, 0.5) is 4.39 Å². The summed E-state index contributed by atoms with van der Waals surface area (Å²) in [5, 5.41) is 0. The lowest BCUT2D eigenvalue weighted by molar-refractivity contribution is 0.193.